The average Bonchev–Trinajstić information content (AvgIpc) is 3.16. The molecule has 0 saturated carbocycles. The van der Waals surface area contributed by atoms with Crippen molar-refractivity contribution in [3.63, 3.8) is 0 Å². The lowest BCUT2D eigenvalue weighted by atomic mass is 10.1. The number of aromatic amines is 1. The van der Waals surface area contributed by atoms with Gasteiger partial charge >= 0.3 is 6.18 Å². The van der Waals surface area contributed by atoms with E-state index in [2.05, 4.69) is 4.98 Å². The summed E-state index contributed by atoms with van der Waals surface area (Å²) in [4.78, 5) is 30.0. The zero-order valence-corrected chi connectivity index (χ0v) is 15.4. The molecule has 2 aromatic heterocycles. The second kappa shape index (κ2) is 7.41. The SMILES string of the molecule is O=c1[nH]c(C(F)(F)F)nc2c1CN(Cc1ccc(-c3ccccc3[N+](=O)[O-])o1)CC2. The van der Waals surface area contributed by atoms with E-state index >= 15 is 0 Å². The van der Waals surface area contributed by atoms with Gasteiger partial charge < -0.3 is 9.40 Å². The summed E-state index contributed by atoms with van der Waals surface area (Å²) in [5.41, 5.74) is -0.208. The summed E-state index contributed by atoms with van der Waals surface area (Å²) in [7, 11) is 0. The molecule has 0 fully saturated rings. The fourth-order valence-corrected chi connectivity index (χ4v) is 3.42. The fraction of sp³-hybridized carbons (Fsp3) is 0.263. The third kappa shape index (κ3) is 3.83. The third-order valence-corrected chi connectivity index (χ3v) is 4.82. The number of hydrogen-bond acceptors (Lipinski definition) is 6. The van der Waals surface area contributed by atoms with Crippen molar-refractivity contribution in [1.29, 1.82) is 0 Å². The van der Waals surface area contributed by atoms with E-state index in [-0.39, 0.29) is 29.9 Å². The number of hydrogen-bond donors (Lipinski definition) is 1. The van der Waals surface area contributed by atoms with Crippen molar-refractivity contribution in [2.45, 2.75) is 25.7 Å². The van der Waals surface area contributed by atoms with Gasteiger partial charge in [0, 0.05) is 25.6 Å². The van der Waals surface area contributed by atoms with Crippen LogP contribution in [0.25, 0.3) is 11.3 Å². The molecule has 11 heteroatoms. The molecular weight excluding hydrogens is 405 g/mol. The molecule has 1 aliphatic rings. The quantitative estimate of drug-likeness (QED) is 0.512. The molecule has 0 bridgehead atoms. The Bertz CT molecular complexity index is 1170. The molecule has 0 saturated heterocycles. The number of nitro benzene ring substituents is 1. The minimum atomic E-state index is -4.71. The number of halogens is 3. The van der Waals surface area contributed by atoms with Crippen LogP contribution >= 0.6 is 0 Å². The molecule has 8 nitrogen and oxygen atoms in total. The Morgan fingerprint density at radius 3 is 2.73 bits per heavy atom. The van der Waals surface area contributed by atoms with Gasteiger partial charge in [0.15, 0.2) is 0 Å². The first kappa shape index (κ1) is 19.8. The van der Waals surface area contributed by atoms with Crippen LogP contribution in [0.5, 0.6) is 0 Å². The molecule has 0 spiro atoms. The largest absolute Gasteiger partial charge is 0.459 e. The van der Waals surface area contributed by atoms with Crippen LogP contribution < -0.4 is 5.56 Å². The summed E-state index contributed by atoms with van der Waals surface area (Å²) >= 11 is 0. The van der Waals surface area contributed by atoms with Crippen LogP contribution in [0, 0.1) is 10.1 Å². The van der Waals surface area contributed by atoms with Crippen LogP contribution in [0.1, 0.15) is 22.8 Å². The van der Waals surface area contributed by atoms with E-state index in [1.807, 2.05) is 4.90 Å². The number of nitrogens with zero attached hydrogens (tertiary/aromatic N) is 3. The molecule has 30 heavy (non-hydrogen) atoms. The number of alkyl halides is 3. The highest BCUT2D eigenvalue weighted by molar-refractivity contribution is 5.69. The molecule has 0 atom stereocenters. The van der Waals surface area contributed by atoms with E-state index < -0.39 is 22.5 Å². The summed E-state index contributed by atoms with van der Waals surface area (Å²) < 4.78 is 44.2. The van der Waals surface area contributed by atoms with Crippen LogP contribution in [-0.4, -0.2) is 26.3 Å². The summed E-state index contributed by atoms with van der Waals surface area (Å²) in [6.07, 6.45) is -4.52. The molecule has 1 aromatic carbocycles. The normalized spacial score (nSPS) is 14.5. The Morgan fingerprint density at radius 2 is 2.00 bits per heavy atom. The highest BCUT2D eigenvalue weighted by Gasteiger charge is 2.36. The molecule has 3 aromatic rings. The summed E-state index contributed by atoms with van der Waals surface area (Å²) in [5.74, 6) is -0.438. The van der Waals surface area contributed by atoms with Gasteiger partial charge in [-0.15, -0.1) is 0 Å². The van der Waals surface area contributed by atoms with Crippen LogP contribution in [-0.2, 0) is 25.7 Å². The van der Waals surface area contributed by atoms with Crippen molar-refractivity contribution in [2.24, 2.45) is 0 Å². The van der Waals surface area contributed by atoms with Crippen molar-refractivity contribution in [2.75, 3.05) is 6.54 Å². The predicted octanol–water partition coefficient (Wildman–Crippen LogP) is 3.52. The Labute approximate surface area is 167 Å². The van der Waals surface area contributed by atoms with E-state index in [9.17, 15) is 28.1 Å². The Kier molecular flexibility index (Phi) is 4.90. The summed E-state index contributed by atoms with van der Waals surface area (Å²) in [6.45, 7) is 0.806. The van der Waals surface area contributed by atoms with Crippen molar-refractivity contribution in [3.8, 4) is 11.3 Å². The van der Waals surface area contributed by atoms with Gasteiger partial charge in [0.1, 0.15) is 11.5 Å². The number of nitro groups is 1. The number of furan rings is 1. The van der Waals surface area contributed by atoms with Gasteiger partial charge in [0.25, 0.3) is 11.2 Å². The smallest absolute Gasteiger partial charge is 0.449 e. The van der Waals surface area contributed by atoms with Gasteiger partial charge in [-0.05, 0) is 18.2 Å². The minimum Gasteiger partial charge on any atom is -0.459 e. The molecule has 1 N–H and O–H groups in total. The van der Waals surface area contributed by atoms with Crippen LogP contribution in [0.2, 0.25) is 0 Å². The maximum absolute atomic E-state index is 12.8. The lowest BCUT2D eigenvalue weighted by molar-refractivity contribution is -0.384. The van der Waals surface area contributed by atoms with Gasteiger partial charge in [-0.25, -0.2) is 4.98 Å². The van der Waals surface area contributed by atoms with E-state index in [1.165, 1.54) is 6.07 Å². The third-order valence-electron chi connectivity index (χ3n) is 4.82. The molecule has 0 amide bonds. The summed E-state index contributed by atoms with van der Waals surface area (Å²) in [5, 5.41) is 11.2. The first-order valence-corrected chi connectivity index (χ1v) is 8.96. The number of aromatic nitrogens is 2. The van der Waals surface area contributed by atoms with E-state index in [0.29, 0.717) is 30.2 Å². The van der Waals surface area contributed by atoms with Gasteiger partial charge in [-0.2, -0.15) is 13.2 Å². The zero-order chi connectivity index (χ0) is 21.5. The molecule has 0 unspecified atom stereocenters. The molecular formula is C19H15F3N4O4. The zero-order valence-electron chi connectivity index (χ0n) is 15.4. The second-order valence-electron chi connectivity index (χ2n) is 6.84. The second-order valence-corrected chi connectivity index (χ2v) is 6.84. The first-order valence-electron chi connectivity index (χ1n) is 8.96. The number of para-hydroxylation sites is 1. The predicted molar refractivity (Wildman–Crippen MR) is 98.5 cm³/mol. The highest BCUT2D eigenvalue weighted by Crippen LogP contribution is 2.31. The van der Waals surface area contributed by atoms with Gasteiger partial charge in [-0.1, -0.05) is 12.1 Å². The lowest BCUT2D eigenvalue weighted by Gasteiger charge is -2.27. The van der Waals surface area contributed by atoms with Gasteiger partial charge in [0.2, 0.25) is 5.82 Å². The first-order chi connectivity index (χ1) is 14.2. The van der Waals surface area contributed by atoms with Crippen molar-refractivity contribution >= 4 is 5.69 Å². The lowest BCUT2D eigenvalue weighted by Crippen LogP contribution is -2.36. The number of nitrogens with one attached hydrogen (secondary N) is 1. The van der Waals surface area contributed by atoms with E-state index in [4.69, 9.17) is 4.42 Å². The number of benzene rings is 1. The molecule has 156 valence electrons. The molecule has 3 heterocycles. The number of fused-ring (bicyclic) bond motifs is 1. The van der Waals surface area contributed by atoms with Crippen molar-refractivity contribution < 1.29 is 22.5 Å². The highest BCUT2D eigenvalue weighted by atomic mass is 19.4. The minimum absolute atomic E-state index is 0.0802. The molecule has 0 radical (unpaired) electrons. The van der Waals surface area contributed by atoms with Crippen molar-refractivity contribution in [3.05, 3.63) is 79.7 Å². The fourth-order valence-electron chi connectivity index (χ4n) is 3.42. The van der Waals surface area contributed by atoms with Gasteiger partial charge in [0.05, 0.1) is 28.3 Å². The average molecular weight is 420 g/mol. The molecule has 4 rings (SSSR count). The standard InChI is InChI=1S/C19H15F3N4O4/c20-19(21,22)18-23-14-7-8-25(10-13(14)17(27)24-18)9-11-5-6-16(30-11)12-3-1-2-4-15(12)26(28)29/h1-6H,7-10H2,(H,23,24,27). The summed E-state index contributed by atoms with van der Waals surface area (Å²) in [6, 6.07) is 9.50. The van der Waals surface area contributed by atoms with Gasteiger partial charge in [-0.3, -0.25) is 19.8 Å². The Hall–Kier alpha value is -3.47. The van der Waals surface area contributed by atoms with Crippen LogP contribution in [0.15, 0.2) is 45.6 Å². The van der Waals surface area contributed by atoms with Crippen molar-refractivity contribution in [1.82, 2.24) is 14.9 Å². The van der Waals surface area contributed by atoms with Crippen LogP contribution in [0.4, 0.5) is 18.9 Å². The molecule has 0 aliphatic carbocycles. The molecule has 1 aliphatic heterocycles. The van der Waals surface area contributed by atoms with Crippen LogP contribution in [0.3, 0.4) is 0 Å². The monoisotopic (exact) mass is 420 g/mol. The van der Waals surface area contributed by atoms with E-state index in [1.54, 1.807) is 35.3 Å². The maximum Gasteiger partial charge on any atom is 0.449 e. The van der Waals surface area contributed by atoms with E-state index in [0.717, 1.165) is 0 Å². The maximum atomic E-state index is 12.8. The number of H-pyrrole nitrogens is 1. The Balaban J connectivity index is 1.53. The number of rotatable bonds is 4. The topological polar surface area (TPSA) is 105 Å². The Morgan fingerprint density at radius 1 is 1.23 bits per heavy atom.